The summed E-state index contributed by atoms with van der Waals surface area (Å²) in [6.07, 6.45) is 0. The van der Waals surface area contributed by atoms with Gasteiger partial charge in [-0.25, -0.2) is 8.78 Å². The van der Waals surface area contributed by atoms with E-state index in [1.54, 1.807) is 0 Å². The molecule has 2 aromatic carbocycles. The van der Waals surface area contributed by atoms with Crippen molar-refractivity contribution in [2.45, 2.75) is 6.04 Å². The lowest BCUT2D eigenvalue weighted by atomic mass is 10.1. The summed E-state index contributed by atoms with van der Waals surface area (Å²) in [5, 5.41) is 3.02. The Hall–Kier alpha value is -2.30. The van der Waals surface area contributed by atoms with Gasteiger partial charge in [-0.15, -0.1) is 0 Å². The predicted molar refractivity (Wildman–Crippen MR) is 69.1 cm³/mol. The van der Waals surface area contributed by atoms with Crippen LogP contribution < -0.4 is 15.8 Å². The summed E-state index contributed by atoms with van der Waals surface area (Å²) in [6, 6.07) is 9.30. The van der Waals surface area contributed by atoms with E-state index >= 15 is 0 Å². The van der Waals surface area contributed by atoms with Crippen molar-refractivity contribution in [2.24, 2.45) is 0 Å². The number of rotatable bonds is 2. The molecule has 2 aromatic rings. The predicted octanol–water partition coefficient (Wildman–Crippen LogP) is 3.09. The van der Waals surface area contributed by atoms with Gasteiger partial charge in [0, 0.05) is 11.6 Å². The molecule has 1 heterocycles. The number of fused-ring (bicyclic) bond motifs is 1. The molecule has 5 heteroatoms. The third kappa shape index (κ3) is 2.07. The van der Waals surface area contributed by atoms with Crippen LogP contribution in [0.25, 0.3) is 0 Å². The molecule has 3 N–H and O–H groups in total. The van der Waals surface area contributed by atoms with Crippen molar-refractivity contribution < 1.29 is 13.5 Å². The maximum absolute atomic E-state index is 13.4. The number of nitrogen functional groups attached to an aromatic ring is 1. The van der Waals surface area contributed by atoms with Gasteiger partial charge in [-0.3, -0.25) is 0 Å². The van der Waals surface area contributed by atoms with Crippen LogP contribution in [-0.4, -0.2) is 6.61 Å². The van der Waals surface area contributed by atoms with E-state index in [0.29, 0.717) is 6.61 Å². The van der Waals surface area contributed by atoms with Crippen molar-refractivity contribution in [3.8, 4) is 5.75 Å². The molecule has 0 bridgehead atoms. The minimum absolute atomic E-state index is 0.0919. The van der Waals surface area contributed by atoms with Crippen LogP contribution in [0.1, 0.15) is 11.6 Å². The number of ether oxygens (including phenoxy) is 1. The van der Waals surface area contributed by atoms with Crippen LogP contribution in [0.5, 0.6) is 5.75 Å². The van der Waals surface area contributed by atoms with E-state index in [4.69, 9.17) is 10.5 Å². The maximum atomic E-state index is 13.4. The van der Waals surface area contributed by atoms with Crippen molar-refractivity contribution in [3.05, 3.63) is 53.6 Å². The Morgan fingerprint density at radius 2 is 2.00 bits per heavy atom. The lowest BCUT2D eigenvalue weighted by molar-refractivity contribution is 0.340. The molecule has 1 aliphatic heterocycles. The summed E-state index contributed by atoms with van der Waals surface area (Å²) >= 11 is 0. The van der Waals surface area contributed by atoms with Gasteiger partial charge in [0.1, 0.15) is 18.2 Å². The van der Waals surface area contributed by atoms with Gasteiger partial charge in [0.2, 0.25) is 0 Å². The SMILES string of the molecule is Nc1c(F)cc(F)cc1NC1COc2ccccc21. The lowest BCUT2D eigenvalue weighted by Crippen LogP contribution is -2.14. The van der Waals surface area contributed by atoms with Crippen LogP contribution in [0.15, 0.2) is 36.4 Å². The van der Waals surface area contributed by atoms with Gasteiger partial charge in [-0.2, -0.15) is 0 Å². The number of nitrogens with two attached hydrogens (primary N) is 1. The molecule has 0 saturated carbocycles. The summed E-state index contributed by atoms with van der Waals surface area (Å²) < 4.78 is 32.1. The van der Waals surface area contributed by atoms with Crippen molar-refractivity contribution in [1.29, 1.82) is 0 Å². The van der Waals surface area contributed by atoms with Crippen molar-refractivity contribution >= 4 is 11.4 Å². The molecule has 0 aliphatic carbocycles. The van der Waals surface area contributed by atoms with E-state index < -0.39 is 11.6 Å². The molecular formula is C14H12F2N2O. The number of nitrogens with one attached hydrogen (secondary N) is 1. The molecular weight excluding hydrogens is 250 g/mol. The molecule has 0 fully saturated rings. The second-order valence-electron chi connectivity index (χ2n) is 4.39. The monoisotopic (exact) mass is 262 g/mol. The first-order chi connectivity index (χ1) is 9.15. The minimum atomic E-state index is -0.769. The third-order valence-electron chi connectivity index (χ3n) is 3.12. The van der Waals surface area contributed by atoms with Crippen LogP contribution in [-0.2, 0) is 0 Å². The Labute approximate surface area is 109 Å². The Kier molecular flexibility index (Phi) is 2.74. The van der Waals surface area contributed by atoms with Crippen LogP contribution in [0.3, 0.4) is 0 Å². The molecule has 19 heavy (non-hydrogen) atoms. The van der Waals surface area contributed by atoms with E-state index in [1.165, 1.54) is 6.07 Å². The zero-order valence-electron chi connectivity index (χ0n) is 9.99. The van der Waals surface area contributed by atoms with Gasteiger partial charge in [-0.05, 0) is 12.1 Å². The standard InChI is InChI=1S/C14H12F2N2O/c15-8-5-10(16)14(17)11(6-8)18-12-7-19-13-4-2-1-3-9(12)13/h1-6,12,18H,7,17H2. The highest BCUT2D eigenvalue weighted by atomic mass is 19.1. The Morgan fingerprint density at radius 1 is 1.21 bits per heavy atom. The number of benzene rings is 2. The average molecular weight is 262 g/mol. The Bertz CT molecular complexity index is 631. The minimum Gasteiger partial charge on any atom is -0.491 e. The molecule has 0 spiro atoms. The summed E-state index contributed by atoms with van der Waals surface area (Å²) in [5.74, 6) is -0.661. The van der Waals surface area contributed by atoms with Crippen molar-refractivity contribution in [2.75, 3.05) is 17.7 Å². The molecule has 0 amide bonds. The Morgan fingerprint density at radius 3 is 2.84 bits per heavy atom. The smallest absolute Gasteiger partial charge is 0.151 e. The highest BCUT2D eigenvalue weighted by Crippen LogP contribution is 2.35. The highest BCUT2D eigenvalue weighted by Gasteiger charge is 2.24. The molecule has 1 atom stereocenters. The first-order valence-electron chi connectivity index (χ1n) is 5.88. The normalized spacial score (nSPS) is 16.8. The molecule has 1 aliphatic rings. The van der Waals surface area contributed by atoms with Crippen LogP contribution in [0.2, 0.25) is 0 Å². The molecule has 98 valence electrons. The number of para-hydroxylation sites is 1. The largest absolute Gasteiger partial charge is 0.491 e. The van der Waals surface area contributed by atoms with E-state index in [1.807, 2.05) is 24.3 Å². The average Bonchev–Trinajstić information content (AvgIpc) is 2.79. The molecule has 1 unspecified atom stereocenters. The fourth-order valence-electron chi connectivity index (χ4n) is 2.17. The summed E-state index contributed by atoms with van der Waals surface area (Å²) in [5.41, 5.74) is 6.70. The first kappa shape index (κ1) is 11.8. The quantitative estimate of drug-likeness (QED) is 0.817. The van der Waals surface area contributed by atoms with E-state index in [2.05, 4.69) is 5.32 Å². The second kappa shape index (κ2) is 4.42. The molecule has 0 saturated heterocycles. The van der Waals surface area contributed by atoms with E-state index in [-0.39, 0.29) is 17.4 Å². The number of hydrogen-bond donors (Lipinski definition) is 2. The van der Waals surface area contributed by atoms with E-state index in [0.717, 1.165) is 17.4 Å². The fourth-order valence-corrected chi connectivity index (χ4v) is 2.17. The number of anilines is 2. The second-order valence-corrected chi connectivity index (χ2v) is 4.39. The van der Waals surface area contributed by atoms with Gasteiger partial charge in [0.25, 0.3) is 0 Å². The zero-order chi connectivity index (χ0) is 13.4. The van der Waals surface area contributed by atoms with Crippen molar-refractivity contribution in [1.82, 2.24) is 0 Å². The van der Waals surface area contributed by atoms with Crippen LogP contribution in [0, 0.1) is 11.6 Å². The van der Waals surface area contributed by atoms with Crippen LogP contribution in [0.4, 0.5) is 20.2 Å². The number of halogens is 2. The number of hydrogen-bond acceptors (Lipinski definition) is 3. The topological polar surface area (TPSA) is 47.3 Å². The lowest BCUT2D eigenvalue weighted by Gasteiger charge is -2.15. The van der Waals surface area contributed by atoms with Gasteiger partial charge < -0.3 is 15.8 Å². The van der Waals surface area contributed by atoms with Crippen molar-refractivity contribution in [3.63, 3.8) is 0 Å². The summed E-state index contributed by atoms with van der Waals surface area (Å²) in [7, 11) is 0. The highest BCUT2D eigenvalue weighted by molar-refractivity contribution is 5.68. The molecule has 3 rings (SSSR count). The first-order valence-corrected chi connectivity index (χ1v) is 5.88. The van der Waals surface area contributed by atoms with Crippen LogP contribution >= 0.6 is 0 Å². The maximum Gasteiger partial charge on any atom is 0.151 e. The Balaban J connectivity index is 1.92. The molecule has 0 aromatic heterocycles. The molecule has 0 radical (unpaired) electrons. The van der Waals surface area contributed by atoms with Gasteiger partial charge >= 0.3 is 0 Å². The molecule has 3 nitrogen and oxygen atoms in total. The fraction of sp³-hybridized carbons (Fsp3) is 0.143. The summed E-state index contributed by atoms with van der Waals surface area (Å²) in [6.45, 7) is 0.400. The summed E-state index contributed by atoms with van der Waals surface area (Å²) in [4.78, 5) is 0. The van der Waals surface area contributed by atoms with Gasteiger partial charge in [-0.1, -0.05) is 18.2 Å². The van der Waals surface area contributed by atoms with E-state index in [9.17, 15) is 8.78 Å². The van der Waals surface area contributed by atoms with Gasteiger partial charge in [0.05, 0.1) is 17.4 Å². The van der Waals surface area contributed by atoms with Gasteiger partial charge in [0.15, 0.2) is 5.82 Å². The third-order valence-corrected chi connectivity index (χ3v) is 3.12. The zero-order valence-corrected chi connectivity index (χ0v) is 9.99.